The molecule has 1 aliphatic rings. The van der Waals surface area contributed by atoms with Crippen LogP contribution in [0.3, 0.4) is 0 Å². The molecule has 1 fully saturated rings. The maximum absolute atomic E-state index is 13.2. The van der Waals surface area contributed by atoms with Crippen LogP contribution in [0.4, 0.5) is 4.39 Å². The maximum Gasteiger partial charge on any atom is 0.239 e. The van der Waals surface area contributed by atoms with Gasteiger partial charge in [-0.2, -0.15) is 0 Å². The third-order valence-corrected chi connectivity index (χ3v) is 2.90. The number of phenols is 1. The number of halogens is 1. The first kappa shape index (κ1) is 11.9. The highest BCUT2D eigenvalue weighted by Gasteiger charge is 2.25. The highest BCUT2D eigenvalue weighted by atomic mass is 19.1. The molecule has 0 heterocycles. The normalized spacial score (nSPS) is 16.8. The van der Waals surface area contributed by atoms with Crippen LogP contribution in [-0.4, -0.2) is 17.6 Å². The van der Waals surface area contributed by atoms with Crippen molar-refractivity contribution in [2.24, 2.45) is 11.7 Å². The molecule has 0 radical (unpaired) electrons. The first-order valence-corrected chi connectivity index (χ1v) is 5.59. The highest BCUT2D eigenvalue weighted by molar-refractivity contribution is 5.81. The largest absolute Gasteiger partial charge is 0.505 e. The summed E-state index contributed by atoms with van der Waals surface area (Å²) in [5.41, 5.74) is 5.72. The summed E-state index contributed by atoms with van der Waals surface area (Å²) in [5, 5.41) is 12.1. The Morgan fingerprint density at radius 1 is 1.59 bits per heavy atom. The topological polar surface area (TPSA) is 75.4 Å². The number of carbonyl (C=O) groups excluding carboxylic acids is 1. The maximum atomic E-state index is 13.2. The van der Waals surface area contributed by atoms with E-state index >= 15 is 0 Å². The summed E-state index contributed by atoms with van der Waals surface area (Å²) in [6.07, 6.45) is 2.31. The zero-order valence-electron chi connectivity index (χ0n) is 9.32. The molecule has 0 bridgehead atoms. The smallest absolute Gasteiger partial charge is 0.239 e. The van der Waals surface area contributed by atoms with Gasteiger partial charge >= 0.3 is 0 Å². The zero-order chi connectivity index (χ0) is 12.4. The minimum absolute atomic E-state index is 0.431. The van der Waals surface area contributed by atoms with E-state index in [1.54, 1.807) is 0 Å². The standard InChI is InChI=1S/C12H15FN2O2/c13-9-5-8(3-4-10(9)16)11(12(14)17)15-6-7-1-2-7/h3-5,7,11,15-16H,1-2,6H2,(H2,14,17). The van der Waals surface area contributed by atoms with Gasteiger partial charge in [-0.25, -0.2) is 4.39 Å². The highest BCUT2D eigenvalue weighted by Crippen LogP contribution is 2.29. The van der Waals surface area contributed by atoms with Crippen LogP contribution < -0.4 is 11.1 Å². The summed E-state index contributed by atoms with van der Waals surface area (Å²) in [4.78, 5) is 11.3. The summed E-state index contributed by atoms with van der Waals surface area (Å²) in [6, 6.07) is 3.14. The van der Waals surface area contributed by atoms with Crippen LogP contribution in [0, 0.1) is 11.7 Å². The Bertz CT molecular complexity index is 433. The number of benzene rings is 1. The van der Waals surface area contributed by atoms with Gasteiger partial charge < -0.3 is 16.2 Å². The van der Waals surface area contributed by atoms with Gasteiger partial charge in [-0.1, -0.05) is 6.07 Å². The summed E-state index contributed by atoms with van der Waals surface area (Å²) in [6.45, 7) is 0.704. The van der Waals surface area contributed by atoms with E-state index in [2.05, 4.69) is 5.32 Å². The van der Waals surface area contributed by atoms with E-state index in [4.69, 9.17) is 10.8 Å². The summed E-state index contributed by atoms with van der Waals surface area (Å²) in [5.74, 6) is -1.13. The predicted octanol–water partition coefficient (Wildman–Crippen LogP) is 1.06. The van der Waals surface area contributed by atoms with Crippen molar-refractivity contribution in [1.29, 1.82) is 0 Å². The van der Waals surface area contributed by atoms with Gasteiger partial charge in [0.2, 0.25) is 5.91 Å². The second kappa shape index (κ2) is 4.71. The van der Waals surface area contributed by atoms with E-state index < -0.39 is 23.5 Å². The van der Waals surface area contributed by atoms with Gasteiger partial charge in [-0.3, -0.25) is 4.79 Å². The predicted molar refractivity (Wildman–Crippen MR) is 60.7 cm³/mol. The van der Waals surface area contributed by atoms with Crippen LogP contribution in [0.1, 0.15) is 24.4 Å². The number of hydrogen-bond acceptors (Lipinski definition) is 3. The van der Waals surface area contributed by atoms with Crippen LogP contribution in [0.2, 0.25) is 0 Å². The molecule has 1 aliphatic carbocycles. The summed E-state index contributed by atoms with van der Waals surface area (Å²) >= 11 is 0. The lowest BCUT2D eigenvalue weighted by Gasteiger charge is -2.15. The van der Waals surface area contributed by atoms with Gasteiger partial charge in [0.15, 0.2) is 11.6 Å². The molecule has 5 heteroatoms. The van der Waals surface area contributed by atoms with Crippen LogP contribution in [-0.2, 0) is 4.79 Å². The van der Waals surface area contributed by atoms with Crippen molar-refractivity contribution in [3.8, 4) is 5.75 Å². The number of nitrogens with one attached hydrogen (secondary N) is 1. The molecule has 92 valence electrons. The van der Waals surface area contributed by atoms with E-state index in [-0.39, 0.29) is 0 Å². The summed E-state index contributed by atoms with van der Waals surface area (Å²) in [7, 11) is 0. The molecule has 1 aromatic rings. The molecule has 17 heavy (non-hydrogen) atoms. The van der Waals surface area contributed by atoms with Gasteiger partial charge in [0.25, 0.3) is 0 Å². The third-order valence-electron chi connectivity index (χ3n) is 2.90. The zero-order valence-corrected chi connectivity index (χ0v) is 9.32. The van der Waals surface area contributed by atoms with Crippen molar-refractivity contribution in [3.63, 3.8) is 0 Å². The average Bonchev–Trinajstić information content (AvgIpc) is 3.07. The number of amides is 1. The second-order valence-electron chi connectivity index (χ2n) is 4.40. The quantitative estimate of drug-likeness (QED) is 0.718. The van der Waals surface area contributed by atoms with Crippen molar-refractivity contribution in [2.45, 2.75) is 18.9 Å². The molecule has 1 amide bonds. The molecule has 0 aromatic heterocycles. The molecule has 2 rings (SSSR count). The Morgan fingerprint density at radius 3 is 2.82 bits per heavy atom. The first-order valence-electron chi connectivity index (χ1n) is 5.59. The van der Waals surface area contributed by atoms with Gasteiger partial charge in [0.1, 0.15) is 6.04 Å². The Labute approximate surface area is 98.6 Å². The number of nitrogens with two attached hydrogens (primary N) is 1. The van der Waals surface area contributed by atoms with E-state index in [0.29, 0.717) is 18.0 Å². The van der Waals surface area contributed by atoms with Gasteiger partial charge in [-0.15, -0.1) is 0 Å². The van der Waals surface area contributed by atoms with Crippen LogP contribution >= 0.6 is 0 Å². The molecule has 1 saturated carbocycles. The molecular weight excluding hydrogens is 223 g/mol. The van der Waals surface area contributed by atoms with Crippen LogP contribution in [0.15, 0.2) is 18.2 Å². The third kappa shape index (κ3) is 2.94. The Hall–Kier alpha value is -1.62. The molecule has 1 atom stereocenters. The molecule has 4 nitrogen and oxygen atoms in total. The lowest BCUT2D eigenvalue weighted by molar-refractivity contribution is -0.120. The van der Waals surface area contributed by atoms with Gasteiger partial charge in [-0.05, 0) is 43.0 Å². The van der Waals surface area contributed by atoms with Crippen molar-refractivity contribution >= 4 is 5.91 Å². The van der Waals surface area contributed by atoms with Gasteiger partial charge in [0, 0.05) is 0 Å². The molecule has 1 aromatic carbocycles. The Balaban J connectivity index is 2.12. The van der Waals surface area contributed by atoms with E-state index in [1.165, 1.54) is 12.1 Å². The fraction of sp³-hybridized carbons (Fsp3) is 0.417. The second-order valence-corrected chi connectivity index (χ2v) is 4.40. The summed E-state index contributed by atoms with van der Waals surface area (Å²) < 4.78 is 13.2. The molecule has 0 spiro atoms. The first-order chi connectivity index (χ1) is 8.08. The number of rotatable bonds is 5. The fourth-order valence-corrected chi connectivity index (χ4v) is 1.69. The lowest BCUT2D eigenvalue weighted by atomic mass is 10.1. The van der Waals surface area contributed by atoms with Crippen LogP contribution in [0.5, 0.6) is 5.75 Å². The number of phenolic OH excluding ortho intramolecular Hbond substituents is 1. The average molecular weight is 238 g/mol. The SMILES string of the molecule is NC(=O)C(NCC1CC1)c1ccc(O)c(F)c1. The lowest BCUT2D eigenvalue weighted by Crippen LogP contribution is -2.34. The van der Waals surface area contributed by atoms with Gasteiger partial charge in [0.05, 0.1) is 0 Å². The number of primary amides is 1. The van der Waals surface area contributed by atoms with E-state index in [1.807, 2.05) is 0 Å². The number of carbonyl (C=O) groups is 1. The van der Waals surface area contributed by atoms with Crippen molar-refractivity contribution < 1.29 is 14.3 Å². The minimum Gasteiger partial charge on any atom is -0.505 e. The van der Waals surface area contributed by atoms with Crippen molar-refractivity contribution in [2.75, 3.05) is 6.54 Å². The fourth-order valence-electron chi connectivity index (χ4n) is 1.69. The Morgan fingerprint density at radius 2 is 2.29 bits per heavy atom. The Kier molecular flexibility index (Phi) is 3.28. The van der Waals surface area contributed by atoms with E-state index in [9.17, 15) is 9.18 Å². The minimum atomic E-state index is -0.748. The number of hydrogen-bond donors (Lipinski definition) is 3. The molecule has 0 saturated heterocycles. The molecular formula is C12H15FN2O2. The van der Waals surface area contributed by atoms with Crippen molar-refractivity contribution in [1.82, 2.24) is 5.32 Å². The van der Waals surface area contributed by atoms with Crippen molar-refractivity contribution in [3.05, 3.63) is 29.6 Å². The number of aromatic hydroxyl groups is 1. The monoisotopic (exact) mass is 238 g/mol. The molecule has 4 N–H and O–H groups in total. The molecule has 1 unspecified atom stereocenters. The van der Waals surface area contributed by atoms with E-state index in [0.717, 1.165) is 18.9 Å². The molecule has 0 aliphatic heterocycles. The van der Waals surface area contributed by atoms with Crippen LogP contribution in [0.25, 0.3) is 0 Å².